The van der Waals surface area contributed by atoms with E-state index in [-0.39, 0.29) is 0 Å². The molecule has 5 nitrogen and oxygen atoms in total. The fraction of sp³-hybridized carbons (Fsp3) is 0.143. The summed E-state index contributed by atoms with van der Waals surface area (Å²) in [6.45, 7) is 0. The third kappa shape index (κ3) is 1.29. The van der Waals surface area contributed by atoms with Crippen LogP contribution < -0.4 is 11.6 Å². The van der Waals surface area contributed by atoms with Gasteiger partial charge in [0.2, 0.25) is 0 Å². The fourth-order valence-electron chi connectivity index (χ4n) is 2.84. The summed E-state index contributed by atoms with van der Waals surface area (Å²) in [4.78, 5) is 6.12. The molecule has 94 valence electrons. The maximum absolute atomic E-state index is 6.35. The van der Waals surface area contributed by atoms with Crippen molar-refractivity contribution in [2.24, 2.45) is 0 Å². The molecule has 4 rings (SSSR count). The Morgan fingerprint density at radius 2 is 2.00 bits per heavy atom. The first kappa shape index (κ1) is 10.4. The molecular formula is C14H13N5. The van der Waals surface area contributed by atoms with Crippen molar-refractivity contribution in [2.75, 3.05) is 11.6 Å². The molecule has 2 aromatic heterocycles. The number of benzene rings is 1. The monoisotopic (exact) mass is 251 g/mol. The van der Waals surface area contributed by atoms with E-state index in [2.05, 4.69) is 5.10 Å². The molecule has 0 bridgehead atoms. The van der Waals surface area contributed by atoms with Crippen LogP contribution in [0.2, 0.25) is 0 Å². The van der Waals surface area contributed by atoms with E-state index in [4.69, 9.17) is 16.6 Å². The molecule has 1 aliphatic rings. The molecule has 4 N–H and O–H groups in total. The predicted octanol–water partition coefficient (Wildman–Crippen LogP) is 1.49. The van der Waals surface area contributed by atoms with Crippen LogP contribution in [0.1, 0.15) is 11.3 Å². The number of nitrogen functional groups attached to an aromatic ring is 2. The molecule has 19 heavy (non-hydrogen) atoms. The molecule has 0 radical (unpaired) electrons. The summed E-state index contributed by atoms with van der Waals surface area (Å²) in [6.07, 6.45) is 3.60. The van der Waals surface area contributed by atoms with Gasteiger partial charge in [-0.1, -0.05) is 18.2 Å². The number of nitrogens with zero attached hydrogens (tertiary/aromatic N) is 3. The summed E-state index contributed by atoms with van der Waals surface area (Å²) in [5, 5.41) is 5.10. The first-order valence-corrected chi connectivity index (χ1v) is 6.25. The van der Waals surface area contributed by atoms with Gasteiger partial charge in [-0.2, -0.15) is 9.89 Å². The minimum Gasteiger partial charge on any atom is -0.398 e. The molecule has 0 spiro atoms. The van der Waals surface area contributed by atoms with Crippen molar-refractivity contribution in [2.45, 2.75) is 12.8 Å². The minimum atomic E-state index is 0.744. The lowest BCUT2D eigenvalue weighted by molar-refractivity contribution is 0.828. The maximum Gasteiger partial charge on any atom is 0.0987 e. The SMILES string of the molecule is Nc1c2c(nc3ccccc13)CCc1cnn(N)c1-2. The fourth-order valence-corrected chi connectivity index (χ4v) is 2.84. The van der Waals surface area contributed by atoms with Crippen LogP contribution in [0.15, 0.2) is 30.5 Å². The van der Waals surface area contributed by atoms with Crippen molar-refractivity contribution in [3.05, 3.63) is 41.7 Å². The average Bonchev–Trinajstić information content (AvgIpc) is 2.81. The van der Waals surface area contributed by atoms with Gasteiger partial charge in [0.05, 0.1) is 28.8 Å². The summed E-state index contributed by atoms with van der Waals surface area (Å²) < 4.78 is 0. The second-order valence-corrected chi connectivity index (χ2v) is 4.83. The van der Waals surface area contributed by atoms with Gasteiger partial charge in [0.25, 0.3) is 0 Å². The number of para-hydroxylation sites is 1. The number of rotatable bonds is 0. The second kappa shape index (κ2) is 3.47. The molecule has 0 atom stereocenters. The third-order valence-corrected chi connectivity index (χ3v) is 3.75. The average molecular weight is 251 g/mol. The van der Waals surface area contributed by atoms with Crippen LogP contribution in [0.3, 0.4) is 0 Å². The number of anilines is 1. The smallest absolute Gasteiger partial charge is 0.0987 e. The summed E-state index contributed by atoms with van der Waals surface area (Å²) in [6, 6.07) is 7.92. The van der Waals surface area contributed by atoms with Crippen molar-refractivity contribution in [3.8, 4) is 11.3 Å². The van der Waals surface area contributed by atoms with Gasteiger partial charge in [0.1, 0.15) is 0 Å². The summed E-state index contributed by atoms with van der Waals surface area (Å²) >= 11 is 0. The van der Waals surface area contributed by atoms with E-state index in [1.165, 1.54) is 4.79 Å². The zero-order valence-corrected chi connectivity index (χ0v) is 10.3. The number of pyridine rings is 1. The second-order valence-electron chi connectivity index (χ2n) is 4.83. The molecule has 0 saturated carbocycles. The van der Waals surface area contributed by atoms with Gasteiger partial charge in [-0.15, -0.1) is 0 Å². The van der Waals surface area contributed by atoms with Gasteiger partial charge >= 0.3 is 0 Å². The van der Waals surface area contributed by atoms with Crippen molar-refractivity contribution < 1.29 is 0 Å². The van der Waals surface area contributed by atoms with Crippen LogP contribution in [-0.4, -0.2) is 14.9 Å². The first-order valence-electron chi connectivity index (χ1n) is 6.25. The zero-order valence-electron chi connectivity index (χ0n) is 10.3. The van der Waals surface area contributed by atoms with E-state index < -0.39 is 0 Å². The highest BCUT2D eigenvalue weighted by atomic mass is 15.5. The maximum atomic E-state index is 6.35. The van der Waals surface area contributed by atoms with Gasteiger partial charge in [-0.3, -0.25) is 4.98 Å². The predicted molar refractivity (Wildman–Crippen MR) is 74.9 cm³/mol. The Hall–Kier alpha value is -2.56. The van der Waals surface area contributed by atoms with Crippen LogP contribution in [0.5, 0.6) is 0 Å². The van der Waals surface area contributed by atoms with Crippen molar-refractivity contribution in [3.63, 3.8) is 0 Å². The van der Waals surface area contributed by atoms with Gasteiger partial charge in [0.15, 0.2) is 0 Å². The van der Waals surface area contributed by atoms with Crippen molar-refractivity contribution >= 4 is 16.6 Å². The summed E-state index contributed by atoms with van der Waals surface area (Å²) in [7, 11) is 0. The Kier molecular flexibility index (Phi) is 1.90. The molecule has 0 aliphatic heterocycles. The van der Waals surface area contributed by atoms with Crippen molar-refractivity contribution in [1.82, 2.24) is 14.9 Å². The Bertz CT molecular complexity index is 803. The van der Waals surface area contributed by atoms with Crippen LogP contribution >= 0.6 is 0 Å². The lowest BCUT2D eigenvalue weighted by atomic mass is 9.91. The molecule has 0 amide bonds. The highest BCUT2D eigenvalue weighted by molar-refractivity contribution is 5.99. The largest absolute Gasteiger partial charge is 0.398 e. The number of hydrogen-bond acceptors (Lipinski definition) is 4. The highest BCUT2D eigenvalue weighted by Gasteiger charge is 2.25. The topological polar surface area (TPSA) is 82.8 Å². The van der Waals surface area contributed by atoms with E-state index in [1.54, 1.807) is 0 Å². The number of nitrogens with two attached hydrogens (primary N) is 2. The molecule has 3 aromatic rings. The molecule has 0 fully saturated rings. The van der Waals surface area contributed by atoms with E-state index in [9.17, 15) is 0 Å². The van der Waals surface area contributed by atoms with E-state index in [0.29, 0.717) is 0 Å². The number of hydrogen-bond donors (Lipinski definition) is 2. The highest BCUT2D eigenvalue weighted by Crippen LogP contribution is 2.39. The summed E-state index contributed by atoms with van der Waals surface area (Å²) in [5.41, 5.74) is 12.0. The summed E-state index contributed by atoms with van der Waals surface area (Å²) in [5.74, 6) is 5.91. The standard InChI is InChI=1S/C14H13N5/c15-13-9-3-1-2-4-10(9)18-11-6-5-8-7-17-19(16)14(8)12(11)13/h1-4,7H,5-6,16H2,(H2,15,18). The van der Waals surface area contributed by atoms with Crippen LogP contribution in [-0.2, 0) is 12.8 Å². The Morgan fingerprint density at radius 3 is 2.89 bits per heavy atom. The van der Waals surface area contributed by atoms with Crippen LogP contribution in [0, 0.1) is 0 Å². The van der Waals surface area contributed by atoms with Gasteiger partial charge in [0, 0.05) is 16.5 Å². The molecule has 1 aliphatic carbocycles. The Labute approximate surface area is 109 Å². The third-order valence-electron chi connectivity index (χ3n) is 3.75. The number of fused-ring (bicyclic) bond motifs is 4. The van der Waals surface area contributed by atoms with E-state index in [0.717, 1.165) is 51.9 Å². The lowest BCUT2D eigenvalue weighted by Gasteiger charge is -2.19. The van der Waals surface area contributed by atoms with Gasteiger partial charge in [-0.25, -0.2) is 0 Å². The zero-order chi connectivity index (χ0) is 13.0. The molecule has 0 unspecified atom stereocenters. The normalized spacial score (nSPS) is 13.3. The number of aromatic nitrogens is 3. The minimum absolute atomic E-state index is 0.744. The first-order chi connectivity index (χ1) is 9.25. The van der Waals surface area contributed by atoms with Gasteiger partial charge in [-0.05, 0) is 18.9 Å². The molecule has 0 saturated heterocycles. The quantitative estimate of drug-likeness (QED) is 0.593. The van der Waals surface area contributed by atoms with Crippen LogP contribution in [0.4, 0.5) is 5.69 Å². The van der Waals surface area contributed by atoms with Crippen LogP contribution in [0.25, 0.3) is 22.2 Å². The number of aryl methyl sites for hydroxylation is 2. The molecule has 2 heterocycles. The Balaban J connectivity index is 2.15. The van der Waals surface area contributed by atoms with Gasteiger partial charge < -0.3 is 11.6 Å². The molecule has 1 aromatic carbocycles. The molecule has 5 heteroatoms. The molecular weight excluding hydrogens is 238 g/mol. The Morgan fingerprint density at radius 1 is 1.16 bits per heavy atom. The van der Waals surface area contributed by atoms with E-state index in [1.807, 2.05) is 30.5 Å². The van der Waals surface area contributed by atoms with E-state index >= 15 is 0 Å². The van der Waals surface area contributed by atoms with Crippen molar-refractivity contribution in [1.29, 1.82) is 0 Å². The lowest BCUT2D eigenvalue weighted by Crippen LogP contribution is -2.16.